The Hall–Kier alpha value is -2.52. The number of amides is 1. The van der Waals surface area contributed by atoms with Gasteiger partial charge in [-0.05, 0) is 30.7 Å². The van der Waals surface area contributed by atoms with Gasteiger partial charge in [0.15, 0.2) is 5.75 Å². The molecule has 1 N–H and O–H groups in total. The highest BCUT2D eigenvalue weighted by Crippen LogP contribution is 2.37. The predicted molar refractivity (Wildman–Crippen MR) is 103 cm³/mol. The van der Waals surface area contributed by atoms with E-state index in [1.807, 2.05) is 6.92 Å². The second-order valence-electron chi connectivity index (χ2n) is 5.91. The Morgan fingerprint density at radius 3 is 2.34 bits per heavy atom. The lowest BCUT2D eigenvalue weighted by atomic mass is 10.1. The van der Waals surface area contributed by atoms with Crippen molar-refractivity contribution in [2.24, 2.45) is 0 Å². The summed E-state index contributed by atoms with van der Waals surface area (Å²) in [6.45, 7) is 2.35. The van der Waals surface area contributed by atoms with E-state index >= 15 is 0 Å². The Morgan fingerprint density at radius 1 is 1.21 bits per heavy atom. The number of alkyl halides is 3. The number of unbranched alkanes of at least 4 members (excludes halogenated alkanes) is 1. The summed E-state index contributed by atoms with van der Waals surface area (Å²) in [6.07, 6.45) is -3.10. The third-order valence-corrected chi connectivity index (χ3v) is 4.34. The number of ether oxygens (including phenoxy) is 1. The topological polar surface area (TPSA) is 81.5 Å². The number of nitro benzene ring substituents is 1. The minimum Gasteiger partial charge on any atom is -0.490 e. The maximum Gasteiger partial charge on any atom is 0.416 e. The van der Waals surface area contributed by atoms with E-state index < -0.39 is 33.9 Å². The van der Waals surface area contributed by atoms with Crippen LogP contribution in [0.2, 0.25) is 10.0 Å². The highest BCUT2D eigenvalue weighted by atomic mass is 35.5. The molecule has 29 heavy (non-hydrogen) atoms. The number of hydrogen-bond acceptors (Lipinski definition) is 4. The van der Waals surface area contributed by atoms with Crippen LogP contribution in [-0.4, -0.2) is 17.4 Å². The Balaban J connectivity index is 2.29. The molecule has 156 valence electrons. The lowest BCUT2D eigenvalue weighted by molar-refractivity contribution is -0.384. The third-order valence-electron chi connectivity index (χ3n) is 3.77. The molecule has 2 aromatic rings. The number of nitrogens with one attached hydrogen (secondary N) is 1. The number of carbonyl (C=O) groups is 1. The molecule has 0 heterocycles. The fourth-order valence-electron chi connectivity index (χ4n) is 2.31. The maximum atomic E-state index is 12.8. The third kappa shape index (κ3) is 5.74. The molecular weight excluding hydrogens is 436 g/mol. The highest BCUT2D eigenvalue weighted by molar-refractivity contribution is 6.37. The second-order valence-corrected chi connectivity index (χ2v) is 6.73. The van der Waals surface area contributed by atoms with Crippen LogP contribution in [0.1, 0.15) is 35.7 Å². The smallest absolute Gasteiger partial charge is 0.416 e. The van der Waals surface area contributed by atoms with Gasteiger partial charge >= 0.3 is 6.18 Å². The van der Waals surface area contributed by atoms with Gasteiger partial charge in [0.2, 0.25) is 0 Å². The van der Waals surface area contributed by atoms with E-state index in [1.54, 1.807) is 0 Å². The van der Waals surface area contributed by atoms with Crippen LogP contribution in [0.3, 0.4) is 0 Å². The molecule has 0 unspecified atom stereocenters. The summed E-state index contributed by atoms with van der Waals surface area (Å²) < 4.78 is 43.8. The van der Waals surface area contributed by atoms with Gasteiger partial charge in [0.1, 0.15) is 5.69 Å². The van der Waals surface area contributed by atoms with E-state index in [4.69, 9.17) is 27.9 Å². The zero-order valence-corrected chi connectivity index (χ0v) is 16.5. The average Bonchev–Trinajstić information content (AvgIpc) is 2.63. The Labute approximate surface area is 173 Å². The minimum atomic E-state index is -4.76. The first-order valence-corrected chi connectivity index (χ1v) is 9.09. The summed E-state index contributed by atoms with van der Waals surface area (Å²) in [5.41, 5.74) is -2.55. The van der Waals surface area contributed by atoms with Gasteiger partial charge in [0.05, 0.1) is 27.1 Å². The maximum absolute atomic E-state index is 12.8. The molecule has 0 bridgehead atoms. The van der Waals surface area contributed by atoms with Crippen molar-refractivity contribution in [3.63, 3.8) is 0 Å². The second kappa shape index (κ2) is 9.32. The van der Waals surface area contributed by atoms with Crippen LogP contribution in [0, 0.1) is 10.1 Å². The largest absolute Gasteiger partial charge is 0.490 e. The zero-order valence-electron chi connectivity index (χ0n) is 15.0. The molecule has 0 atom stereocenters. The standard InChI is InChI=1S/C18H15Cl2F3N2O4/c1-2-3-6-29-16-12(19)7-10(8-13(16)20)17(26)24-14-5-4-11(18(21,22)23)9-15(14)25(27)28/h4-5,7-9H,2-3,6H2,1H3,(H,24,26). The van der Waals surface area contributed by atoms with Crippen LogP contribution in [0.4, 0.5) is 24.5 Å². The first-order chi connectivity index (χ1) is 13.5. The van der Waals surface area contributed by atoms with Gasteiger partial charge in [-0.15, -0.1) is 0 Å². The van der Waals surface area contributed by atoms with E-state index in [0.29, 0.717) is 18.7 Å². The van der Waals surface area contributed by atoms with Gasteiger partial charge in [-0.1, -0.05) is 36.5 Å². The van der Waals surface area contributed by atoms with Crippen LogP contribution in [-0.2, 0) is 6.18 Å². The molecule has 0 aromatic heterocycles. The zero-order chi connectivity index (χ0) is 21.8. The van der Waals surface area contributed by atoms with Crippen LogP contribution < -0.4 is 10.1 Å². The number of anilines is 1. The van der Waals surface area contributed by atoms with Gasteiger partial charge in [-0.3, -0.25) is 14.9 Å². The highest BCUT2D eigenvalue weighted by Gasteiger charge is 2.33. The number of halogens is 5. The summed E-state index contributed by atoms with van der Waals surface area (Å²) in [6, 6.07) is 4.29. The fourth-order valence-corrected chi connectivity index (χ4v) is 2.90. The van der Waals surface area contributed by atoms with Crippen molar-refractivity contribution in [1.29, 1.82) is 0 Å². The number of benzene rings is 2. The van der Waals surface area contributed by atoms with Crippen molar-refractivity contribution >= 4 is 40.5 Å². The van der Waals surface area contributed by atoms with Crippen LogP contribution in [0.25, 0.3) is 0 Å². The van der Waals surface area contributed by atoms with E-state index in [1.165, 1.54) is 12.1 Å². The van der Waals surface area contributed by atoms with Crippen molar-refractivity contribution in [3.05, 3.63) is 61.6 Å². The van der Waals surface area contributed by atoms with Crippen molar-refractivity contribution in [2.45, 2.75) is 25.9 Å². The van der Waals surface area contributed by atoms with Gasteiger partial charge in [-0.25, -0.2) is 0 Å². The number of nitro groups is 1. The molecule has 2 aromatic carbocycles. The molecule has 0 saturated carbocycles. The van der Waals surface area contributed by atoms with Crippen molar-refractivity contribution in [2.75, 3.05) is 11.9 Å². The summed E-state index contributed by atoms with van der Waals surface area (Å²) >= 11 is 12.2. The summed E-state index contributed by atoms with van der Waals surface area (Å²) in [5, 5.41) is 13.4. The van der Waals surface area contributed by atoms with E-state index in [2.05, 4.69) is 5.32 Å². The monoisotopic (exact) mass is 450 g/mol. The summed E-state index contributed by atoms with van der Waals surface area (Å²) in [5.74, 6) is -0.643. The summed E-state index contributed by atoms with van der Waals surface area (Å²) in [4.78, 5) is 22.5. The molecule has 0 aliphatic rings. The molecular formula is C18H15Cl2F3N2O4. The van der Waals surface area contributed by atoms with Crippen LogP contribution >= 0.6 is 23.2 Å². The SMILES string of the molecule is CCCCOc1c(Cl)cc(C(=O)Nc2ccc(C(F)(F)F)cc2[N+](=O)[O-])cc1Cl. The molecule has 0 radical (unpaired) electrons. The molecule has 11 heteroatoms. The van der Waals surface area contributed by atoms with Gasteiger partial charge in [-0.2, -0.15) is 13.2 Å². The van der Waals surface area contributed by atoms with Gasteiger partial charge in [0.25, 0.3) is 11.6 Å². The lowest BCUT2D eigenvalue weighted by Crippen LogP contribution is -2.14. The van der Waals surface area contributed by atoms with Crippen molar-refractivity contribution < 1.29 is 27.6 Å². The molecule has 0 aliphatic carbocycles. The Bertz CT molecular complexity index is 913. The van der Waals surface area contributed by atoms with Crippen LogP contribution in [0.5, 0.6) is 5.75 Å². The molecule has 0 aliphatic heterocycles. The molecule has 0 saturated heterocycles. The van der Waals surface area contributed by atoms with Gasteiger partial charge < -0.3 is 10.1 Å². The lowest BCUT2D eigenvalue weighted by Gasteiger charge is -2.12. The van der Waals surface area contributed by atoms with E-state index in [-0.39, 0.29) is 21.4 Å². The van der Waals surface area contributed by atoms with Gasteiger partial charge in [0, 0.05) is 11.6 Å². The first-order valence-electron chi connectivity index (χ1n) is 8.33. The fraction of sp³-hybridized carbons (Fsp3) is 0.278. The number of hydrogen-bond donors (Lipinski definition) is 1. The van der Waals surface area contributed by atoms with Crippen molar-refractivity contribution in [1.82, 2.24) is 0 Å². The molecule has 1 amide bonds. The molecule has 0 spiro atoms. The normalized spacial score (nSPS) is 11.2. The van der Waals surface area contributed by atoms with E-state index in [9.17, 15) is 28.1 Å². The quantitative estimate of drug-likeness (QED) is 0.302. The predicted octanol–water partition coefficient (Wildman–Crippen LogP) is 6.35. The van der Waals surface area contributed by atoms with E-state index in [0.717, 1.165) is 18.9 Å². The van der Waals surface area contributed by atoms with Crippen molar-refractivity contribution in [3.8, 4) is 5.75 Å². The number of nitrogens with zero attached hydrogens (tertiary/aromatic N) is 1. The molecule has 0 fully saturated rings. The number of rotatable bonds is 7. The van der Waals surface area contributed by atoms with Crippen LogP contribution in [0.15, 0.2) is 30.3 Å². The minimum absolute atomic E-state index is 0.0444. The summed E-state index contributed by atoms with van der Waals surface area (Å²) in [7, 11) is 0. The molecule has 6 nitrogen and oxygen atoms in total. The number of carbonyl (C=O) groups excluding carboxylic acids is 1. The average molecular weight is 451 g/mol. The molecule has 2 rings (SSSR count). The Kier molecular flexibility index (Phi) is 7.32. The Morgan fingerprint density at radius 2 is 1.83 bits per heavy atom. The first kappa shape index (κ1) is 22.8.